The van der Waals surface area contributed by atoms with E-state index in [1.165, 1.54) is 48.5 Å². The zero-order chi connectivity index (χ0) is 30.0. The number of carbonyl (C=O) groups is 4. The Morgan fingerprint density at radius 2 is 1.46 bits per heavy atom. The molecule has 1 heterocycles. The topological polar surface area (TPSA) is 92.8 Å². The molecule has 5 rings (SSSR count). The van der Waals surface area contributed by atoms with Crippen LogP contribution >= 0.6 is 0 Å². The molecule has 1 fully saturated rings. The van der Waals surface area contributed by atoms with Crippen LogP contribution in [0.15, 0.2) is 48.5 Å². The van der Waals surface area contributed by atoms with Crippen LogP contribution in [0.1, 0.15) is 54.5 Å². The standard InChI is InChI=1S/C27H15F7N2O5/c1-41-24(39)12-6-4-5-11(9-12)15-10-26(15,36-22(37)13-7-2-3-8-14(13)23(36)38)25(40)35-21-19(30)17(28)16(27(32,33)34)18(29)20(21)31/h2-9,15H,10H2,1H3,(H,35,40). The lowest BCUT2D eigenvalue weighted by Crippen LogP contribution is -2.51. The monoisotopic (exact) mass is 580 g/mol. The van der Waals surface area contributed by atoms with Crippen LogP contribution in [0.5, 0.6) is 0 Å². The number of methoxy groups -OCH3 is 1. The van der Waals surface area contributed by atoms with Gasteiger partial charge in [-0.25, -0.2) is 22.4 Å². The summed E-state index contributed by atoms with van der Waals surface area (Å²) in [6.07, 6.45) is -6.18. The van der Waals surface area contributed by atoms with E-state index in [4.69, 9.17) is 0 Å². The van der Waals surface area contributed by atoms with Gasteiger partial charge in [0.25, 0.3) is 17.7 Å². The lowest BCUT2D eigenvalue weighted by molar-refractivity contribution is -0.143. The molecule has 41 heavy (non-hydrogen) atoms. The molecular formula is C27H15F7N2O5. The molecule has 3 aromatic carbocycles. The number of hydrogen-bond acceptors (Lipinski definition) is 5. The summed E-state index contributed by atoms with van der Waals surface area (Å²) in [5.74, 6) is -16.1. The molecular weight excluding hydrogens is 565 g/mol. The Hall–Kier alpha value is -4.75. The fourth-order valence-electron chi connectivity index (χ4n) is 5.01. The van der Waals surface area contributed by atoms with Crippen LogP contribution in [0.2, 0.25) is 0 Å². The Labute approximate surface area is 225 Å². The summed E-state index contributed by atoms with van der Waals surface area (Å²) < 4.78 is 102. The normalized spacial score (nSPS) is 19.7. The number of rotatable bonds is 5. The number of benzene rings is 3. The molecule has 1 N–H and O–H groups in total. The second kappa shape index (κ2) is 9.42. The van der Waals surface area contributed by atoms with Crippen LogP contribution < -0.4 is 5.32 Å². The van der Waals surface area contributed by atoms with Gasteiger partial charge in [0.05, 0.1) is 23.8 Å². The Balaban J connectivity index is 1.62. The molecule has 1 aliphatic heterocycles. The number of esters is 1. The molecule has 2 atom stereocenters. The number of imide groups is 1. The van der Waals surface area contributed by atoms with Gasteiger partial charge in [0, 0.05) is 5.92 Å². The number of halogens is 7. The van der Waals surface area contributed by atoms with Crippen LogP contribution in [0, 0.1) is 23.3 Å². The van der Waals surface area contributed by atoms with Crippen molar-refractivity contribution in [1.82, 2.24) is 4.90 Å². The van der Waals surface area contributed by atoms with Gasteiger partial charge in [-0.15, -0.1) is 0 Å². The Bertz CT molecular complexity index is 1610. The van der Waals surface area contributed by atoms with Crippen LogP contribution in [0.4, 0.5) is 36.4 Å². The summed E-state index contributed by atoms with van der Waals surface area (Å²) in [5, 5.41) is 1.56. The maximum absolute atomic E-state index is 14.7. The first-order valence-electron chi connectivity index (χ1n) is 11.7. The molecule has 0 aromatic heterocycles. The predicted octanol–water partition coefficient (Wildman–Crippen LogP) is 5.21. The highest BCUT2D eigenvalue weighted by Gasteiger charge is 2.69. The van der Waals surface area contributed by atoms with Gasteiger partial charge in [0.1, 0.15) is 16.8 Å². The summed E-state index contributed by atoms with van der Waals surface area (Å²) in [5.41, 5.74) is -6.99. The minimum atomic E-state index is -5.81. The number of anilines is 1. The molecule has 3 amide bonds. The first-order chi connectivity index (χ1) is 19.2. The zero-order valence-corrected chi connectivity index (χ0v) is 20.5. The van der Waals surface area contributed by atoms with E-state index in [-0.39, 0.29) is 28.7 Å². The highest BCUT2D eigenvalue weighted by Crippen LogP contribution is 2.58. The number of carbonyl (C=O) groups excluding carboxylic acids is 4. The molecule has 1 aliphatic carbocycles. The number of ether oxygens (including phenoxy) is 1. The van der Waals surface area contributed by atoms with Gasteiger partial charge in [-0.05, 0) is 36.2 Å². The van der Waals surface area contributed by atoms with Crippen molar-refractivity contribution in [1.29, 1.82) is 0 Å². The van der Waals surface area contributed by atoms with Gasteiger partial charge in [-0.2, -0.15) is 13.2 Å². The van der Waals surface area contributed by atoms with E-state index in [0.29, 0.717) is 4.90 Å². The van der Waals surface area contributed by atoms with E-state index in [1.807, 2.05) is 0 Å². The third-order valence-electron chi connectivity index (χ3n) is 7.01. The van der Waals surface area contributed by atoms with E-state index in [2.05, 4.69) is 4.74 Å². The molecule has 0 radical (unpaired) electrons. The minimum Gasteiger partial charge on any atom is -0.465 e. The van der Waals surface area contributed by atoms with Crippen molar-refractivity contribution in [2.24, 2.45) is 0 Å². The summed E-state index contributed by atoms with van der Waals surface area (Å²) in [4.78, 5) is 52.8. The second-order valence-electron chi connectivity index (χ2n) is 9.25. The molecule has 2 aliphatic rings. The van der Waals surface area contributed by atoms with Gasteiger partial charge in [-0.3, -0.25) is 19.3 Å². The fraction of sp³-hybridized carbons (Fsp3) is 0.185. The number of fused-ring (bicyclic) bond motifs is 1. The van der Waals surface area contributed by atoms with Crippen LogP contribution in [0.3, 0.4) is 0 Å². The van der Waals surface area contributed by atoms with Crippen molar-refractivity contribution in [3.63, 3.8) is 0 Å². The Kier molecular flexibility index (Phi) is 6.39. The third kappa shape index (κ3) is 4.12. The maximum atomic E-state index is 14.7. The van der Waals surface area contributed by atoms with E-state index >= 15 is 0 Å². The van der Waals surface area contributed by atoms with Crippen LogP contribution in [-0.2, 0) is 15.7 Å². The molecule has 0 spiro atoms. The number of alkyl halides is 3. The van der Waals surface area contributed by atoms with Crippen molar-refractivity contribution in [3.05, 3.63) is 99.6 Å². The molecule has 3 aromatic rings. The molecule has 7 nitrogen and oxygen atoms in total. The highest BCUT2D eigenvalue weighted by molar-refractivity contribution is 6.25. The Morgan fingerprint density at radius 3 is 1.98 bits per heavy atom. The predicted molar refractivity (Wildman–Crippen MR) is 125 cm³/mol. The van der Waals surface area contributed by atoms with E-state index < -0.39 is 75.8 Å². The lowest BCUT2D eigenvalue weighted by Gasteiger charge is -2.27. The summed E-state index contributed by atoms with van der Waals surface area (Å²) in [6.45, 7) is 0. The fourth-order valence-corrected chi connectivity index (χ4v) is 5.01. The third-order valence-corrected chi connectivity index (χ3v) is 7.01. The average Bonchev–Trinajstić information content (AvgIpc) is 3.63. The van der Waals surface area contributed by atoms with Gasteiger partial charge < -0.3 is 10.1 Å². The van der Waals surface area contributed by atoms with Crippen molar-refractivity contribution >= 4 is 29.4 Å². The molecule has 14 heteroatoms. The van der Waals surface area contributed by atoms with E-state index in [9.17, 15) is 49.9 Å². The molecule has 2 unspecified atom stereocenters. The smallest absolute Gasteiger partial charge is 0.422 e. The van der Waals surface area contributed by atoms with Gasteiger partial charge in [-0.1, -0.05) is 24.3 Å². The summed E-state index contributed by atoms with van der Waals surface area (Å²) in [6, 6.07) is 10.9. The van der Waals surface area contributed by atoms with Gasteiger partial charge >= 0.3 is 12.1 Å². The quantitative estimate of drug-likeness (QED) is 0.194. The summed E-state index contributed by atoms with van der Waals surface area (Å²) in [7, 11) is 1.11. The maximum Gasteiger partial charge on any atom is 0.422 e. The number of nitrogens with one attached hydrogen (secondary N) is 1. The lowest BCUT2D eigenvalue weighted by atomic mass is 10.0. The van der Waals surface area contributed by atoms with Crippen LogP contribution in [-0.4, -0.2) is 41.2 Å². The molecule has 0 saturated heterocycles. The van der Waals surface area contributed by atoms with Crippen molar-refractivity contribution in [2.75, 3.05) is 12.4 Å². The van der Waals surface area contributed by atoms with Gasteiger partial charge in [0.15, 0.2) is 23.3 Å². The molecule has 0 bridgehead atoms. The minimum absolute atomic E-state index is 0.0116. The van der Waals surface area contributed by atoms with Crippen LogP contribution in [0.25, 0.3) is 0 Å². The number of amides is 3. The first kappa shape index (κ1) is 27.8. The van der Waals surface area contributed by atoms with E-state index in [1.54, 1.807) is 5.32 Å². The molecule has 212 valence electrons. The summed E-state index contributed by atoms with van der Waals surface area (Å²) >= 11 is 0. The largest absolute Gasteiger partial charge is 0.465 e. The van der Waals surface area contributed by atoms with Crippen molar-refractivity contribution < 1.29 is 54.6 Å². The van der Waals surface area contributed by atoms with Gasteiger partial charge in [0.2, 0.25) is 0 Å². The highest BCUT2D eigenvalue weighted by atomic mass is 19.4. The SMILES string of the molecule is COC(=O)c1cccc(C2CC2(C(=O)Nc2c(F)c(F)c(C(F)(F)F)c(F)c2F)N2C(=O)c3ccccc3C2=O)c1. The number of hydrogen-bond donors (Lipinski definition) is 1. The average molecular weight is 580 g/mol. The van der Waals surface area contributed by atoms with Crippen molar-refractivity contribution in [3.8, 4) is 0 Å². The van der Waals surface area contributed by atoms with Crippen molar-refractivity contribution in [2.45, 2.75) is 24.1 Å². The Morgan fingerprint density at radius 1 is 0.902 bits per heavy atom. The number of nitrogens with zero attached hydrogens (tertiary/aromatic N) is 1. The zero-order valence-electron chi connectivity index (χ0n) is 20.5. The second-order valence-corrected chi connectivity index (χ2v) is 9.25. The first-order valence-corrected chi connectivity index (χ1v) is 11.7. The van der Waals surface area contributed by atoms with E-state index in [0.717, 1.165) is 7.11 Å². The molecule has 1 saturated carbocycles.